The number of aromatic amines is 1. The second-order valence-electron chi connectivity index (χ2n) is 6.49. The molecule has 5 nitrogen and oxygen atoms in total. The summed E-state index contributed by atoms with van der Waals surface area (Å²) in [5, 5.41) is 9.43. The minimum Gasteiger partial charge on any atom is -0.319 e. The van der Waals surface area contributed by atoms with Crippen molar-refractivity contribution in [2.75, 3.05) is 5.32 Å². The van der Waals surface area contributed by atoms with Gasteiger partial charge >= 0.3 is 6.18 Å². The Bertz CT molecular complexity index is 1190. The molecule has 0 spiro atoms. The van der Waals surface area contributed by atoms with Gasteiger partial charge in [0.05, 0.1) is 23.1 Å². The zero-order valence-corrected chi connectivity index (χ0v) is 15.4. The van der Waals surface area contributed by atoms with Gasteiger partial charge in [0, 0.05) is 11.8 Å². The largest absolute Gasteiger partial charge is 0.417 e. The van der Waals surface area contributed by atoms with E-state index in [2.05, 4.69) is 20.5 Å². The van der Waals surface area contributed by atoms with Crippen molar-refractivity contribution in [2.45, 2.75) is 6.18 Å². The lowest BCUT2D eigenvalue weighted by molar-refractivity contribution is -0.137. The highest BCUT2D eigenvalue weighted by Crippen LogP contribution is 2.37. The van der Waals surface area contributed by atoms with Crippen molar-refractivity contribution < 1.29 is 18.0 Å². The summed E-state index contributed by atoms with van der Waals surface area (Å²) in [7, 11) is 0. The van der Waals surface area contributed by atoms with Crippen LogP contribution in [0.25, 0.3) is 22.4 Å². The van der Waals surface area contributed by atoms with Crippen molar-refractivity contribution in [3.63, 3.8) is 0 Å². The van der Waals surface area contributed by atoms with E-state index in [1.54, 1.807) is 6.07 Å². The van der Waals surface area contributed by atoms with Crippen LogP contribution in [0.1, 0.15) is 16.1 Å². The van der Waals surface area contributed by atoms with Crippen LogP contribution in [0.4, 0.5) is 18.9 Å². The number of pyridine rings is 1. The molecule has 0 fully saturated rings. The number of H-pyrrole nitrogens is 1. The number of nitrogens with zero attached hydrogens (tertiary/aromatic N) is 2. The number of anilines is 1. The van der Waals surface area contributed by atoms with E-state index < -0.39 is 17.6 Å². The van der Waals surface area contributed by atoms with Crippen molar-refractivity contribution in [3.8, 4) is 22.4 Å². The highest BCUT2D eigenvalue weighted by molar-refractivity contribution is 6.03. The Morgan fingerprint density at radius 2 is 1.63 bits per heavy atom. The summed E-state index contributed by atoms with van der Waals surface area (Å²) < 4.78 is 39.9. The van der Waals surface area contributed by atoms with Gasteiger partial charge in [0.1, 0.15) is 0 Å². The number of halogens is 3. The Labute approximate surface area is 169 Å². The Kier molecular flexibility index (Phi) is 5.05. The van der Waals surface area contributed by atoms with Gasteiger partial charge in [0.25, 0.3) is 5.91 Å². The average Bonchev–Trinajstić information content (AvgIpc) is 3.25. The van der Waals surface area contributed by atoms with Gasteiger partial charge in [-0.3, -0.25) is 14.9 Å². The van der Waals surface area contributed by atoms with Gasteiger partial charge < -0.3 is 5.32 Å². The molecule has 0 unspecified atom stereocenters. The topological polar surface area (TPSA) is 70.7 Å². The van der Waals surface area contributed by atoms with Gasteiger partial charge in [-0.15, -0.1) is 0 Å². The fourth-order valence-electron chi connectivity index (χ4n) is 3.04. The van der Waals surface area contributed by atoms with Crippen LogP contribution in [0.5, 0.6) is 0 Å². The normalized spacial score (nSPS) is 11.3. The molecule has 8 heteroatoms. The molecule has 2 heterocycles. The summed E-state index contributed by atoms with van der Waals surface area (Å²) in [5.74, 6) is -0.503. The van der Waals surface area contributed by atoms with Gasteiger partial charge in [-0.1, -0.05) is 48.5 Å². The number of nitrogens with one attached hydrogen (secondary N) is 2. The molecule has 2 aromatic heterocycles. The maximum absolute atomic E-state index is 13.3. The lowest BCUT2D eigenvalue weighted by Crippen LogP contribution is -2.12. The number of hydrogen-bond acceptors (Lipinski definition) is 3. The molecule has 150 valence electrons. The smallest absolute Gasteiger partial charge is 0.319 e. The Morgan fingerprint density at radius 3 is 2.40 bits per heavy atom. The molecule has 0 bridgehead atoms. The minimum absolute atomic E-state index is 0.0141. The first-order chi connectivity index (χ1) is 14.4. The standard InChI is InChI=1S/C22H15F3N4O/c23-22(24,25)18-9-5-4-8-17(18)15-10-16(13-26-12-15)27-21(30)20-11-19(28-29-20)14-6-2-1-3-7-14/h1-13H,(H,27,30)(H,28,29). The second kappa shape index (κ2) is 7.82. The fourth-order valence-corrected chi connectivity index (χ4v) is 3.04. The van der Waals surface area contributed by atoms with Crippen molar-refractivity contribution in [1.29, 1.82) is 0 Å². The lowest BCUT2D eigenvalue weighted by Gasteiger charge is -2.13. The van der Waals surface area contributed by atoms with Crippen LogP contribution in [-0.4, -0.2) is 21.1 Å². The molecule has 0 radical (unpaired) electrons. The van der Waals surface area contributed by atoms with Crippen LogP contribution in [-0.2, 0) is 6.18 Å². The van der Waals surface area contributed by atoms with E-state index in [1.165, 1.54) is 36.7 Å². The lowest BCUT2D eigenvalue weighted by atomic mass is 10.0. The quantitative estimate of drug-likeness (QED) is 0.474. The highest BCUT2D eigenvalue weighted by atomic mass is 19.4. The van der Waals surface area contributed by atoms with Crippen LogP contribution >= 0.6 is 0 Å². The molecule has 30 heavy (non-hydrogen) atoms. The summed E-state index contributed by atoms with van der Waals surface area (Å²) >= 11 is 0. The third kappa shape index (κ3) is 4.07. The third-order valence-corrected chi connectivity index (χ3v) is 4.43. The van der Waals surface area contributed by atoms with E-state index >= 15 is 0 Å². The SMILES string of the molecule is O=C(Nc1cncc(-c2ccccc2C(F)(F)F)c1)c1cc(-c2ccccc2)[nH]n1. The summed E-state index contributed by atoms with van der Waals surface area (Å²) in [5.41, 5.74) is 1.42. The third-order valence-electron chi connectivity index (χ3n) is 4.43. The van der Waals surface area contributed by atoms with Gasteiger partial charge in [-0.2, -0.15) is 18.3 Å². The number of alkyl halides is 3. The second-order valence-corrected chi connectivity index (χ2v) is 6.49. The van der Waals surface area contributed by atoms with E-state index in [-0.39, 0.29) is 22.5 Å². The first-order valence-electron chi connectivity index (χ1n) is 8.95. The van der Waals surface area contributed by atoms with Gasteiger partial charge in [0.15, 0.2) is 5.69 Å². The maximum atomic E-state index is 13.3. The predicted octanol–water partition coefficient (Wildman–Crippen LogP) is 5.41. The average molecular weight is 408 g/mol. The Morgan fingerprint density at radius 1 is 0.900 bits per heavy atom. The molecule has 0 saturated heterocycles. The predicted molar refractivity (Wildman–Crippen MR) is 107 cm³/mol. The van der Waals surface area contributed by atoms with Crippen LogP contribution in [0.3, 0.4) is 0 Å². The van der Waals surface area contributed by atoms with E-state index in [0.717, 1.165) is 11.6 Å². The number of benzene rings is 2. The molecule has 0 aliphatic heterocycles. The Hall–Kier alpha value is -3.94. The van der Waals surface area contributed by atoms with Gasteiger partial charge in [-0.25, -0.2) is 0 Å². The molecule has 4 aromatic rings. The number of rotatable bonds is 4. The zero-order chi connectivity index (χ0) is 21.1. The van der Waals surface area contributed by atoms with Crippen LogP contribution in [0, 0.1) is 0 Å². The van der Waals surface area contributed by atoms with Crippen molar-refractivity contribution in [1.82, 2.24) is 15.2 Å². The first kappa shape index (κ1) is 19.4. The zero-order valence-electron chi connectivity index (χ0n) is 15.4. The molecule has 1 amide bonds. The summed E-state index contributed by atoms with van der Waals surface area (Å²) in [6.45, 7) is 0. The van der Waals surface area contributed by atoms with Crippen LogP contribution in [0.2, 0.25) is 0 Å². The monoisotopic (exact) mass is 408 g/mol. The summed E-state index contributed by atoms with van der Waals surface area (Å²) in [6.07, 6.45) is -1.82. The van der Waals surface area contributed by atoms with Crippen LogP contribution in [0.15, 0.2) is 79.1 Å². The number of carbonyl (C=O) groups is 1. The van der Waals surface area contributed by atoms with Crippen molar-refractivity contribution in [3.05, 3.63) is 90.4 Å². The molecule has 0 saturated carbocycles. The van der Waals surface area contributed by atoms with Crippen molar-refractivity contribution >= 4 is 11.6 Å². The van der Waals surface area contributed by atoms with Gasteiger partial charge in [-0.05, 0) is 29.3 Å². The first-order valence-corrected chi connectivity index (χ1v) is 8.95. The van der Waals surface area contributed by atoms with Gasteiger partial charge in [0.2, 0.25) is 0 Å². The molecule has 2 N–H and O–H groups in total. The van der Waals surface area contributed by atoms with Crippen LogP contribution < -0.4 is 5.32 Å². The number of carbonyl (C=O) groups excluding carboxylic acids is 1. The Balaban J connectivity index is 1.58. The summed E-state index contributed by atoms with van der Waals surface area (Å²) in [4.78, 5) is 16.5. The number of aromatic nitrogens is 3. The molecular weight excluding hydrogens is 393 g/mol. The summed E-state index contributed by atoms with van der Waals surface area (Å²) in [6, 6.07) is 17.6. The maximum Gasteiger partial charge on any atom is 0.417 e. The molecular formula is C22H15F3N4O. The van der Waals surface area contributed by atoms with Crippen molar-refractivity contribution in [2.24, 2.45) is 0 Å². The minimum atomic E-state index is -4.50. The number of amides is 1. The van der Waals surface area contributed by atoms with E-state index in [1.807, 2.05) is 30.3 Å². The number of hydrogen-bond donors (Lipinski definition) is 2. The fraction of sp³-hybridized carbons (Fsp3) is 0.0455. The molecule has 0 aliphatic carbocycles. The van der Waals surface area contributed by atoms with E-state index in [0.29, 0.717) is 5.69 Å². The molecule has 0 aliphatic rings. The molecule has 4 rings (SSSR count). The highest BCUT2D eigenvalue weighted by Gasteiger charge is 2.33. The van der Waals surface area contributed by atoms with E-state index in [4.69, 9.17) is 0 Å². The van der Waals surface area contributed by atoms with E-state index in [9.17, 15) is 18.0 Å². The molecule has 2 aromatic carbocycles. The molecule has 0 atom stereocenters.